The van der Waals surface area contributed by atoms with Crippen LogP contribution < -0.4 is 5.32 Å². The lowest BCUT2D eigenvalue weighted by molar-refractivity contribution is 0.320. The summed E-state index contributed by atoms with van der Waals surface area (Å²) < 4.78 is 10.3. The van der Waals surface area contributed by atoms with Gasteiger partial charge in [0.1, 0.15) is 6.26 Å². The Morgan fingerprint density at radius 3 is 2.94 bits per heavy atom. The number of furan rings is 1. The first kappa shape index (κ1) is 9.59. The number of piperidine rings is 1. The first-order chi connectivity index (χ1) is 7.93. The van der Waals surface area contributed by atoms with E-state index >= 15 is 0 Å². The van der Waals surface area contributed by atoms with E-state index < -0.39 is 0 Å². The maximum absolute atomic E-state index is 5.30. The van der Waals surface area contributed by atoms with E-state index in [4.69, 9.17) is 8.94 Å². The van der Waals surface area contributed by atoms with Crippen LogP contribution in [0.4, 0.5) is 0 Å². The Bertz CT molecular complexity index is 444. The molecule has 3 heterocycles. The SMILES string of the molecule is c1cc(-c2noc(C3CCNCC3)n2)co1. The van der Waals surface area contributed by atoms with Gasteiger partial charge in [0, 0.05) is 5.92 Å². The van der Waals surface area contributed by atoms with Crippen LogP contribution in [0.25, 0.3) is 11.4 Å². The Morgan fingerprint density at radius 2 is 2.19 bits per heavy atom. The predicted octanol–water partition coefficient (Wildman–Crippen LogP) is 1.80. The van der Waals surface area contributed by atoms with Crippen molar-refractivity contribution in [3.05, 3.63) is 24.5 Å². The summed E-state index contributed by atoms with van der Waals surface area (Å²) in [5.41, 5.74) is 0.865. The third kappa shape index (κ3) is 1.74. The fourth-order valence-electron chi connectivity index (χ4n) is 1.98. The Hall–Kier alpha value is -1.62. The lowest BCUT2D eigenvalue weighted by Gasteiger charge is -2.18. The Morgan fingerprint density at radius 1 is 1.31 bits per heavy atom. The molecule has 0 spiro atoms. The molecule has 0 radical (unpaired) electrons. The highest BCUT2D eigenvalue weighted by Gasteiger charge is 2.21. The van der Waals surface area contributed by atoms with Gasteiger partial charge < -0.3 is 14.3 Å². The number of nitrogens with one attached hydrogen (secondary N) is 1. The molecule has 1 aliphatic rings. The van der Waals surface area contributed by atoms with Gasteiger partial charge in [0.15, 0.2) is 0 Å². The molecule has 84 valence electrons. The topological polar surface area (TPSA) is 64.1 Å². The zero-order valence-corrected chi connectivity index (χ0v) is 8.85. The molecule has 0 amide bonds. The van der Waals surface area contributed by atoms with Gasteiger partial charge in [0.05, 0.1) is 11.8 Å². The van der Waals surface area contributed by atoms with E-state index in [0.717, 1.165) is 37.4 Å². The van der Waals surface area contributed by atoms with Crippen molar-refractivity contribution in [1.29, 1.82) is 0 Å². The van der Waals surface area contributed by atoms with Gasteiger partial charge in [-0.05, 0) is 32.0 Å². The molecule has 0 saturated carbocycles. The summed E-state index contributed by atoms with van der Waals surface area (Å²) in [5.74, 6) is 1.76. The number of rotatable bonds is 2. The van der Waals surface area contributed by atoms with Gasteiger partial charge in [0.2, 0.25) is 11.7 Å². The monoisotopic (exact) mass is 219 g/mol. The first-order valence-corrected chi connectivity index (χ1v) is 5.50. The average molecular weight is 219 g/mol. The Kier molecular flexibility index (Phi) is 2.46. The van der Waals surface area contributed by atoms with Crippen LogP contribution in [0.2, 0.25) is 0 Å². The molecule has 2 aromatic rings. The van der Waals surface area contributed by atoms with E-state index in [9.17, 15) is 0 Å². The summed E-state index contributed by atoms with van der Waals surface area (Å²) in [6.45, 7) is 2.04. The fourth-order valence-corrected chi connectivity index (χ4v) is 1.98. The third-order valence-electron chi connectivity index (χ3n) is 2.91. The summed E-state index contributed by atoms with van der Waals surface area (Å²) in [7, 11) is 0. The van der Waals surface area contributed by atoms with E-state index in [-0.39, 0.29) is 0 Å². The van der Waals surface area contributed by atoms with Crippen molar-refractivity contribution in [1.82, 2.24) is 15.5 Å². The van der Waals surface area contributed by atoms with Gasteiger partial charge in [0.25, 0.3) is 0 Å². The average Bonchev–Trinajstić information content (AvgIpc) is 3.01. The molecule has 1 aliphatic heterocycles. The quantitative estimate of drug-likeness (QED) is 0.834. The van der Waals surface area contributed by atoms with Gasteiger partial charge in [-0.25, -0.2) is 0 Å². The molecule has 5 nitrogen and oxygen atoms in total. The van der Waals surface area contributed by atoms with Gasteiger partial charge in [-0.1, -0.05) is 5.16 Å². The van der Waals surface area contributed by atoms with Crippen molar-refractivity contribution in [3.63, 3.8) is 0 Å². The van der Waals surface area contributed by atoms with Crippen molar-refractivity contribution in [2.45, 2.75) is 18.8 Å². The molecule has 16 heavy (non-hydrogen) atoms. The maximum atomic E-state index is 5.30. The molecule has 2 aromatic heterocycles. The minimum Gasteiger partial charge on any atom is -0.472 e. The van der Waals surface area contributed by atoms with Crippen molar-refractivity contribution < 1.29 is 8.94 Å². The third-order valence-corrected chi connectivity index (χ3v) is 2.91. The van der Waals surface area contributed by atoms with Crippen molar-refractivity contribution in [3.8, 4) is 11.4 Å². The molecule has 0 unspecified atom stereocenters. The molecule has 0 bridgehead atoms. The number of hydrogen-bond acceptors (Lipinski definition) is 5. The highest BCUT2D eigenvalue weighted by atomic mass is 16.5. The number of nitrogens with zero attached hydrogens (tertiary/aromatic N) is 2. The first-order valence-electron chi connectivity index (χ1n) is 5.50. The van der Waals surface area contributed by atoms with Crippen LogP contribution in [0, 0.1) is 0 Å². The normalized spacial score (nSPS) is 17.8. The molecule has 0 atom stereocenters. The Labute approximate surface area is 92.8 Å². The minimum absolute atomic E-state index is 0.398. The van der Waals surface area contributed by atoms with Crippen molar-refractivity contribution in [2.24, 2.45) is 0 Å². The predicted molar refractivity (Wildman–Crippen MR) is 56.8 cm³/mol. The summed E-state index contributed by atoms with van der Waals surface area (Å²) >= 11 is 0. The van der Waals surface area contributed by atoms with Gasteiger partial charge in [-0.2, -0.15) is 4.98 Å². The van der Waals surface area contributed by atoms with E-state index in [1.807, 2.05) is 6.07 Å². The van der Waals surface area contributed by atoms with E-state index in [0.29, 0.717) is 11.7 Å². The zero-order chi connectivity index (χ0) is 10.8. The van der Waals surface area contributed by atoms with E-state index in [2.05, 4.69) is 15.5 Å². The van der Waals surface area contributed by atoms with Crippen molar-refractivity contribution in [2.75, 3.05) is 13.1 Å². The molecular weight excluding hydrogens is 206 g/mol. The summed E-state index contributed by atoms with van der Waals surface area (Å²) in [6, 6.07) is 1.83. The summed E-state index contributed by atoms with van der Waals surface area (Å²) in [6.07, 6.45) is 5.35. The van der Waals surface area contributed by atoms with Gasteiger partial charge in [-0.15, -0.1) is 0 Å². The number of hydrogen-bond donors (Lipinski definition) is 1. The molecule has 1 N–H and O–H groups in total. The lowest BCUT2D eigenvalue weighted by Crippen LogP contribution is -2.26. The standard InChI is InChI=1S/C11H13N3O2/c1-4-12-5-2-8(1)11-13-10(14-16-11)9-3-6-15-7-9/h3,6-8,12H,1-2,4-5H2. The van der Waals surface area contributed by atoms with Crippen LogP contribution in [0.1, 0.15) is 24.7 Å². The van der Waals surface area contributed by atoms with Crippen LogP contribution in [0.3, 0.4) is 0 Å². The summed E-state index contributed by atoms with van der Waals surface area (Å²) in [4.78, 5) is 4.41. The van der Waals surface area contributed by atoms with Gasteiger partial charge >= 0.3 is 0 Å². The smallest absolute Gasteiger partial charge is 0.230 e. The molecular formula is C11H13N3O2. The van der Waals surface area contributed by atoms with E-state index in [1.54, 1.807) is 12.5 Å². The maximum Gasteiger partial charge on any atom is 0.230 e. The Balaban J connectivity index is 1.82. The van der Waals surface area contributed by atoms with Crippen LogP contribution >= 0.6 is 0 Å². The highest BCUT2D eigenvalue weighted by Crippen LogP contribution is 2.25. The largest absolute Gasteiger partial charge is 0.472 e. The second-order valence-electron chi connectivity index (χ2n) is 3.99. The molecule has 0 aromatic carbocycles. The van der Waals surface area contributed by atoms with Gasteiger partial charge in [-0.3, -0.25) is 0 Å². The lowest BCUT2D eigenvalue weighted by atomic mass is 9.98. The van der Waals surface area contributed by atoms with Crippen LogP contribution in [-0.2, 0) is 0 Å². The molecule has 0 aliphatic carbocycles. The molecule has 3 rings (SSSR count). The molecule has 5 heteroatoms. The zero-order valence-electron chi connectivity index (χ0n) is 8.85. The summed E-state index contributed by atoms with van der Waals surface area (Å²) in [5, 5.41) is 7.28. The van der Waals surface area contributed by atoms with Crippen LogP contribution in [0.5, 0.6) is 0 Å². The highest BCUT2D eigenvalue weighted by molar-refractivity contribution is 5.51. The second-order valence-corrected chi connectivity index (χ2v) is 3.99. The molecule has 1 fully saturated rings. The van der Waals surface area contributed by atoms with Crippen LogP contribution in [-0.4, -0.2) is 23.2 Å². The molecule has 1 saturated heterocycles. The second kappa shape index (κ2) is 4.09. The van der Waals surface area contributed by atoms with E-state index in [1.165, 1.54) is 0 Å². The van der Waals surface area contributed by atoms with Crippen LogP contribution in [0.15, 0.2) is 27.5 Å². The number of aromatic nitrogens is 2. The minimum atomic E-state index is 0.398. The van der Waals surface area contributed by atoms with Crippen molar-refractivity contribution >= 4 is 0 Å². The fraction of sp³-hybridized carbons (Fsp3) is 0.455.